The van der Waals surface area contributed by atoms with E-state index in [1.54, 1.807) is 24.4 Å². The van der Waals surface area contributed by atoms with Crippen molar-refractivity contribution in [2.24, 2.45) is 11.7 Å². The van der Waals surface area contributed by atoms with Crippen molar-refractivity contribution in [3.63, 3.8) is 0 Å². The van der Waals surface area contributed by atoms with Gasteiger partial charge >= 0.3 is 0 Å². The summed E-state index contributed by atoms with van der Waals surface area (Å²) in [6, 6.07) is 7.74. The second kappa shape index (κ2) is 7.43. The largest absolute Gasteiger partial charge is 0.348 e. The molecule has 2 atom stereocenters. The lowest BCUT2D eigenvalue weighted by Crippen LogP contribution is -2.44. The maximum Gasteiger partial charge on any atom is 0.272 e. The normalized spacial score (nSPS) is 20.2. The van der Waals surface area contributed by atoms with E-state index >= 15 is 0 Å². The zero-order valence-electron chi connectivity index (χ0n) is 13.8. The SMILES string of the molecule is NCC1CCCCC1NC(=O)c1ccn(-c2ccc([N+](=O)[O-])cc2)n1. The molecule has 1 amide bonds. The Morgan fingerprint density at radius 1 is 1.28 bits per heavy atom. The lowest BCUT2D eigenvalue weighted by Gasteiger charge is -2.31. The van der Waals surface area contributed by atoms with Crippen molar-refractivity contribution in [2.45, 2.75) is 31.7 Å². The first-order chi connectivity index (χ1) is 12.1. The second-order valence-corrected chi connectivity index (χ2v) is 6.28. The maximum absolute atomic E-state index is 12.4. The van der Waals surface area contributed by atoms with Crippen LogP contribution in [0.25, 0.3) is 5.69 Å². The van der Waals surface area contributed by atoms with Gasteiger partial charge in [-0.15, -0.1) is 0 Å². The van der Waals surface area contributed by atoms with E-state index in [1.165, 1.54) is 16.8 Å². The predicted molar refractivity (Wildman–Crippen MR) is 92.5 cm³/mol. The molecule has 1 fully saturated rings. The number of nitrogens with zero attached hydrogens (tertiary/aromatic N) is 3. The molecule has 2 unspecified atom stereocenters. The van der Waals surface area contributed by atoms with Crippen LogP contribution in [0.4, 0.5) is 5.69 Å². The molecule has 8 heteroatoms. The van der Waals surface area contributed by atoms with Crippen LogP contribution in [-0.2, 0) is 0 Å². The lowest BCUT2D eigenvalue weighted by molar-refractivity contribution is -0.384. The molecule has 2 aromatic rings. The van der Waals surface area contributed by atoms with Crippen LogP contribution in [0.5, 0.6) is 0 Å². The zero-order chi connectivity index (χ0) is 17.8. The molecule has 0 saturated heterocycles. The van der Waals surface area contributed by atoms with Crippen molar-refractivity contribution in [1.82, 2.24) is 15.1 Å². The van der Waals surface area contributed by atoms with Gasteiger partial charge in [0.25, 0.3) is 11.6 Å². The van der Waals surface area contributed by atoms with E-state index in [1.807, 2.05) is 0 Å². The Labute approximate surface area is 145 Å². The number of non-ortho nitro benzene ring substituents is 1. The van der Waals surface area contributed by atoms with Gasteiger partial charge in [-0.1, -0.05) is 12.8 Å². The molecule has 3 rings (SSSR count). The number of nitrogens with two attached hydrogens (primary N) is 1. The fourth-order valence-corrected chi connectivity index (χ4v) is 3.24. The van der Waals surface area contributed by atoms with Gasteiger partial charge in [0.05, 0.1) is 10.6 Å². The Hall–Kier alpha value is -2.74. The van der Waals surface area contributed by atoms with Gasteiger partial charge in [-0.05, 0) is 43.5 Å². The third-order valence-electron chi connectivity index (χ3n) is 4.68. The van der Waals surface area contributed by atoms with Crippen molar-refractivity contribution < 1.29 is 9.72 Å². The van der Waals surface area contributed by atoms with Crippen LogP contribution >= 0.6 is 0 Å². The summed E-state index contributed by atoms with van der Waals surface area (Å²) in [5.74, 6) is 0.0977. The average molecular weight is 343 g/mol. The molecule has 25 heavy (non-hydrogen) atoms. The van der Waals surface area contributed by atoms with Crippen LogP contribution < -0.4 is 11.1 Å². The average Bonchev–Trinajstić information content (AvgIpc) is 3.12. The van der Waals surface area contributed by atoms with Crippen molar-refractivity contribution in [3.05, 3.63) is 52.3 Å². The van der Waals surface area contributed by atoms with E-state index in [2.05, 4.69) is 10.4 Å². The summed E-state index contributed by atoms with van der Waals surface area (Å²) in [6.45, 7) is 0.572. The van der Waals surface area contributed by atoms with E-state index in [4.69, 9.17) is 5.73 Å². The Morgan fingerprint density at radius 3 is 2.68 bits per heavy atom. The zero-order valence-corrected chi connectivity index (χ0v) is 13.8. The summed E-state index contributed by atoms with van der Waals surface area (Å²) in [6.07, 6.45) is 5.90. The maximum atomic E-state index is 12.4. The van der Waals surface area contributed by atoms with Gasteiger partial charge in [0.1, 0.15) is 0 Å². The van der Waals surface area contributed by atoms with E-state index in [0.717, 1.165) is 25.7 Å². The fraction of sp³-hybridized carbons (Fsp3) is 0.412. The second-order valence-electron chi connectivity index (χ2n) is 6.28. The molecule has 132 valence electrons. The highest BCUT2D eigenvalue weighted by molar-refractivity contribution is 5.92. The van der Waals surface area contributed by atoms with Gasteiger partial charge in [-0.3, -0.25) is 14.9 Å². The minimum Gasteiger partial charge on any atom is -0.348 e. The van der Waals surface area contributed by atoms with E-state index in [0.29, 0.717) is 23.8 Å². The third-order valence-corrected chi connectivity index (χ3v) is 4.68. The molecule has 0 aliphatic heterocycles. The van der Waals surface area contributed by atoms with Gasteiger partial charge in [0, 0.05) is 24.4 Å². The lowest BCUT2D eigenvalue weighted by atomic mass is 9.84. The molecule has 0 radical (unpaired) electrons. The molecule has 1 aliphatic rings. The molecule has 1 aromatic heterocycles. The summed E-state index contributed by atoms with van der Waals surface area (Å²) in [4.78, 5) is 22.7. The first-order valence-electron chi connectivity index (χ1n) is 8.40. The number of carbonyl (C=O) groups excluding carboxylic acids is 1. The van der Waals surface area contributed by atoms with Gasteiger partial charge < -0.3 is 11.1 Å². The standard InChI is InChI=1S/C17H21N5O3/c18-11-12-3-1-2-4-15(12)19-17(23)16-9-10-21(20-16)13-5-7-14(8-6-13)22(24)25/h5-10,12,15H,1-4,11,18H2,(H,19,23). The molecule has 1 heterocycles. The number of hydrogen-bond acceptors (Lipinski definition) is 5. The molecule has 1 aliphatic carbocycles. The highest BCUT2D eigenvalue weighted by Gasteiger charge is 2.26. The minimum atomic E-state index is -0.455. The van der Waals surface area contributed by atoms with Crippen LogP contribution in [0.3, 0.4) is 0 Å². The molecule has 1 saturated carbocycles. The predicted octanol–water partition coefficient (Wildman–Crippen LogP) is 2.03. The molecule has 3 N–H and O–H groups in total. The number of carbonyl (C=O) groups is 1. The minimum absolute atomic E-state index is 0.0130. The van der Waals surface area contributed by atoms with Crippen molar-refractivity contribution >= 4 is 11.6 Å². The van der Waals surface area contributed by atoms with Gasteiger partial charge in [0.2, 0.25) is 0 Å². The number of aromatic nitrogens is 2. The molecular weight excluding hydrogens is 322 g/mol. The van der Waals surface area contributed by atoms with Crippen molar-refractivity contribution in [1.29, 1.82) is 0 Å². The number of rotatable bonds is 5. The van der Waals surface area contributed by atoms with E-state index in [-0.39, 0.29) is 17.6 Å². The summed E-state index contributed by atoms with van der Waals surface area (Å²) in [7, 11) is 0. The Bertz CT molecular complexity index is 756. The summed E-state index contributed by atoms with van der Waals surface area (Å²) in [5, 5.41) is 18.0. The van der Waals surface area contributed by atoms with E-state index < -0.39 is 4.92 Å². The first kappa shape index (κ1) is 17.1. The van der Waals surface area contributed by atoms with Crippen LogP contribution in [0.15, 0.2) is 36.5 Å². The quantitative estimate of drug-likeness (QED) is 0.636. The Kier molecular flexibility index (Phi) is 5.08. The van der Waals surface area contributed by atoms with E-state index in [9.17, 15) is 14.9 Å². The highest BCUT2D eigenvalue weighted by Crippen LogP contribution is 2.23. The number of nitrogens with one attached hydrogen (secondary N) is 1. The summed E-state index contributed by atoms with van der Waals surface area (Å²) >= 11 is 0. The number of benzene rings is 1. The number of hydrogen-bond donors (Lipinski definition) is 2. The fourth-order valence-electron chi connectivity index (χ4n) is 3.24. The van der Waals surface area contributed by atoms with Crippen LogP contribution in [0.2, 0.25) is 0 Å². The summed E-state index contributed by atoms with van der Waals surface area (Å²) < 4.78 is 1.53. The highest BCUT2D eigenvalue weighted by atomic mass is 16.6. The third kappa shape index (κ3) is 3.85. The molecule has 8 nitrogen and oxygen atoms in total. The molecular formula is C17H21N5O3. The monoisotopic (exact) mass is 343 g/mol. The topological polar surface area (TPSA) is 116 Å². The summed E-state index contributed by atoms with van der Waals surface area (Å²) in [5.41, 5.74) is 6.79. The van der Waals surface area contributed by atoms with Gasteiger partial charge in [0.15, 0.2) is 5.69 Å². The van der Waals surface area contributed by atoms with Crippen molar-refractivity contribution in [2.75, 3.05) is 6.54 Å². The molecule has 0 spiro atoms. The number of nitro benzene ring substituents is 1. The van der Waals surface area contributed by atoms with Crippen LogP contribution in [0.1, 0.15) is 36.2 Å². The smallest absolute Gasteiger partial charge is 0.272 e. The molecule has 0 bridgehead atoms. The Morgan fingerprint density at radius 2 is 2.00 bits per heavy atom. The van der Waals surface area contributed by atoms with Crippen LogP contribution in [-0.4, -0.2) is 33.2 Å². The van der Waals surface area contributed by atoms with Gasteiger partial charge in [-0.25, -0.2) is 4.68 Å². The first-order valence-corrected chi connectivity index (χ1v) is 8.40. The number of amides is 1. The van der Waals surface area contributed by atoms with Crippen molar-refractivity contribution in [3.8, 4) is 5.69 Å². The molecule has 1 aromatic carbocycles. The number of nitro groups is 1. The van der Waals surface area contributed by atoms with Gasteiger partial charge in [-0.2, -0.15) is 5.10 Å². The van der Waals surface area contributed by atoms with Crippen LogP contribution in [0, 0.1) is 16.0 Å². The Balaban J connectivity index is 1.70.